The van der Waals surface area contributed by atoms with Gasteiger partial charge in [-0.15, -0.1) is 6.58 Å². The summed E-state index contributed by atoms with van der Waals surface area (Å²) in [5.41, 5.74) is -3.71. The number of hydrogen-bond donors (Lipinski definition) is 6. The van der Waals surface area contributed by atoms with Gasteiger partial charge in [0.25, 0.3) is 0 Å². The summed E-state index contributed by atoms with van der Waals surface area (Å²) in [4.78, 5) is 0. The second kappa shape index (κ2) is 10.9. The van der Waals surface area contributed by atoms with Gasteiger partial charge in [0.1, 0.15) is 41.0 Å². The van der Waals surface area contributed by atoms with E-state index in [1.54, 1.807) is 48.5 Å². The first-order valence-corrected chi connectivity index (χ1v) is 10.1. The third-order valence-electron chi connectivity index (χ3n) is 5.70. The number of aliphatic hydroxyl groups excluding tert-OH is 4. The lowest BCUT2D eigenvalue weighted by atomic mass is 9.73. The molecule has 6 N–H and O–H groups in total. The number of para-hydroxylation sites is 2. The lowest BCUT2D eigenvalue weighted by molar-refractivity contribution is -0.218. The van der Waals surface area contributed by atoms with Crippen LogP contribution < -0.4 is 9.47 Å². The maximum atomic E-state index is 11.5. The molecule has 0 saturated heterocycles. The van der Waals surface area contributed by atoms with E-state index in [4.69, 9.17) is 9.47 Å². The highest BCUT2D eigenvalue weighted by Crippen LogP contribution is 2.36. The number of rotatable bonds is 12. The number of ether oxygens (including phenoxy) is 2. The second-order valence-corrected chi connectivity index (χ2v) is 7.76. The molecular weight excluding hydrogens is 416 g/mol. The minimum absolute atomic E-state index is 0.210. The number of hydrogen-bond acceptors (Lipinski definition) is 8. The Morgan fingerprint density at radius 3 is 1.78 bits per heavy atom. The highest BCUT2D eigenvalue weighted by Gasteiger charge is 2.53. The molecule has 8 nitrogen and oxygen atoms in total. The third-order valence-corrected chi connectivity index (χ3v) is 5.70. The van der Waals surface area contributed by atoms with E-state index in [9.17, 15) is 30.6 Å². The minimum Gasteiger partial charge on any atom is -0.496 e. The van der Waals surface area contributed by atoms with Crippen LogP contribution in [0.25, 0.3) is 0 Å². The average molecular weight is 449 g/mol. The van der Waals surface area contributed by atoms with Crippen molar-refractivity contribution in [1.29, 1.82) is 0 Å². The molecule has 176 valence electrons. The smallest absolute Gasteiger partial charge is 0.126 e. The van der Waals surface area contributed by atoms with Crippen LogP contribution in [0.15, 0.2) is 61.2 Å². The van der Waals surface area contributed by atoms with Crippen LogP contribution in [0, 0.1) is 0 Å². The molecule has 0 fully saturated rings. The molecule has 0 spiro atoms. The van der Waals surface area contributed by atoms with E-state index in [0.717, 1.165) is 6.08 Å². The van der Waals surface area contributed by atoms with Gasteiger partial charge in [-0.3, -0.25) is 0 Å². The standard InChI is InChI=1S/C24H32O8/c1-4-23(29,13-16-9-5-7-11-19(16)31-2)22(28)24(30,21(27)18(26)15-25)14-17-10-6-8-12-20(17)32-3/h4-12,18,21-22,25-30H,1,13-15H2,2-3H3/t18-,21+,22+,23?,24+/m0/s1. The summed E-state index contributed by atoms with van der Waals surface area (Å²) in [6.45, 7) is 2.73. The fraction of sp³-hybridized carbons (Fsp3) is 0.417. The van der Waals surface area contributed by atoms with Gasteiger partial charge < -0.3 is 40.1 Å². The van der Waals surface area contributed by atoms with Crippen LogP contribution >= 0.6 is 0 Å². The molecule has 2 rings (SSSR count). The lowest BCUT2D eigenvalue weighted by Gasteiger charge is -2.45. The van der Waals surface area contributed by atoms with Crippen LogP contribution in [0.3, 0.4) is 0 Å². The number of methoxy groups -OCH3 is 2. The maximum Gasteiger partial charge on any atom is 0.126 e. The van der Waals surface area contributed by atoms with Crippen molar-refractivity contribution < 1.29 is 40.1 Å². The molecule has 0 saturated carbocycles. The Morgan fingerprint density at radius 2 is 1.34 bits per heavy atom. The van der Waals surface area contributed by atoms with Crippen LogP contribution in [0.5, 0.6) is 11.5 Å². The van der Waals surface area contributed by atoms with E-state index >= 15 is 0 Å². The van der Waals surface area contributed by atoms with E-state index in [-0.39, 0.29) is 6.42 Å². The highest BCUT2D eigenvalue weighted by atomic mass is 16.5. The first kappa shape index (κ1) is 25.8. The van der Waals surface area contributed by atoms with Gasteiger partial charge in [-0.05, 0) is 23.3 Å². The van der Waals surface area contributed by atoms with E-state index in [1.165, 1.54) is 14.2 Å². The molecule has 1 unspecified atom stereocenters. The average Bonchev–Trinajstić information content (AvgIpc) is 2.82. The van der Waals surface area contributed by atoms with Crippen molar-refractivity contribution >= 4 is 0 Å². The van der Waals surface area contributed by atoms with Crippen LogP contribution in [0.1, 0.15) is 11.1 Å². The molecule has 32 heavy (non-hydrogen) atoms. The molecule has 2 aromatic rings. The summed E-state index contributed by atoms with van der Waals surface area (Å²) in [6.07, 6.45) is -5.38. The van der Waals surface area contributed by atoms with E-state index in [2.05, 4.69) is 6.58 Å². The summed E-state index contributed by atoms with van der Waals surface area (Å²) in [5, 5.41) is 64.3. The van der Waals surface area contributed by atoms with Gasteiger partial charge in [0.05, 0.1) is 20.8 Å². The van der Waals surface area contributed by atoms with Crippen molar-refractivity contribution in [2.75, 3.05) is 20.8 Å². The Hall–Kier alpha value is -2.46. The van der Waals surface area contributed by atoms with Crippen LogP contribution in [-0.4, -0.2) is 81.0 Å². The second-order valence-electron chi connectivity index (χ2n) is 7.76. The van der Waals surface area contributed by atoms with Crippen molar-refractivity contribution in [3.8, 4) is 11.5 Å². The van der Waals surface area contributed by atoms with Gasteiger partial charge >= 0.3 is 0 Å². The topological polar surface area (TPSA) is 140 Å². The Labute approximate surface area is 187 Å². The van der Waals surface area contributed by atoms with Gasteiger partial charge in [0, 0.05) is 12.8 Å². The molecular formula is C24H32O8. The summed E-state index contributed by atoms with van der Waals surface area (Å²) in [5.74, 6) is 0.819. The van der Waals surface area contributed by atoms with Crippen LogP contribution in [0.2, 0.25) is 0 Å². The van der Waals surface area contributed by atoms with Crippen LogP contribution in [0.4, 0.5) is 0 Å². The summed E-state index contributed by atoms with van der Waals surface area (Å²) < 4.78 is 10.6. The van der Waals surface area contributed by atoms with E-state index in [0.29, 0.717) is 22.6 Å². The molecule has 5 atom stereocenters. The predicted molar refractivity (Wildman–Crippen MR) is 119 cm³/mol. The Morgan fingerprint density at radius 1 is 0.875 bits per heavy atom. The Bertz CT molecular complexity index is 888. The zero-order valence-electron chi connectivity index (χ0n) is 18.3. The van der Waals surface area contributed by atoms with Crippen molar-refractivity contribution in [2.24, 2.45) is 0 Å². The van der Waals surface area contributed by atoms with E-state index < -0.39 is 42.5 Å². The fourth-order valence-electron chi connectivity index (χ4n) is 3.82. The molecule has 0 aliphatic rings. The normalized spacial score (nSPS) is 18.0. The van der Waals surface area contributed by atoms with Crippen molar-refractivity contribution in [2.45, 2.75) is 42.4 Å². The quantitative estimate of drug-likeness (QED) is 0.253. The van der Waals surface area contributed by atoms with E-state index in [1.807, 2.05) is 0 Å². The van der Waals surface area contributed by atoms with Crippen molar-refractivity contribution in [1.82, 2.24) is 0 Å². The van der Waals surface area contributed by atoms with Crippen molar-refractivity contribution in [3.63, 3.8) is 0 Å². The third kappa shape index (κ3) is 5.29. The molecule has 0 aromatic heterocycles. The monoisotopic (exact) mass is 448 g/mol. The molecule has 0 amide bonds. The van der Waals surface area contributed by atoms with Crippen molar-refractivity contribution in [3.05, 3.63) is 72.3 Å². The maximum absolute atomic E-state index is 11.5. The minimum atomic E-state index is -2.50. The number of benzene rings is 2. The summed E-state index contributed by atoms with van der Waals surface area (Å²) >= 11 is 0. The molecule has 0 heterocycles. The zero-order valence-corrected chi connectivity index (χ0v) is 18.3. The lowest BCUT2D eigenvalue weighted by Crippen LogP contribution is -2.66. The summed E-state index contributed by atoms with van der Waals surface area (Å²) in [7, 11) is 2.89. The molecule has 0 radical (unpaired) electrons. The fourth-order valence-corrected chi connectivity index (χ4v) is 3.82. The SMILES string of the molecule is C=CC(O)(Cc1ccccc1OC)[C@@H](O)[C@@](O)(Cc1ccccc1OC)[C@H](O)[C@@H](O)CO. The van der Waals surface area contributed by atoms with Crippen LogP contribution in [-0.2, 0) is 12.8 Å². The zero-order chi connectivity index (χ0) is 23.9. The molecule has 0 aliphatic carbocycles. The van der Waals surface area contributed by atoms with Gasteiger partial charge in [-0.2, -0.15) is 0 Å². The Kier molecular flexibility index (Phi) is 8.80. The first-order valence-electron chi connectivity index (χ1n) is 10.1. The predicted octanol–water partition coefficient (Wildman–Crippen LogP) is 0.212. The Balaban J connectivity index is 2.53. The summed E-state index contributed by atoms with van der Waals surface area (Å²) in [6, 6.07) is 13.4. The first-order chi connectivity index (χ1) is 15.2. The number of aliphatic hydroxyl groups is 6. The largest absolute Gasteiger partial charge is 0.496 e. The van der Waals surface area contributed by atoms with Gasteiger partial charge in [0.2, 0.25) is 0 Å². The molecule has 0 aliphatic heterocycles. The molecule has 0 bridgehead atoms. The van der Waals surface area contributed by atoms with Gasteiger partial charge in [0.15, 0.2) is 0 Å². The molecule has 8 heteroatoms. The molecule has 2 aromatic carbocycles. The highest BCUT2D eigenvalue weighted by molar-refractivity contribution is 5.38. The van der Waals surface area contributed by atoms with Gasteiger partial charge in [-0.25, -0.2) is 0 Å². The van der Waals surface area contributed by atoms with Gasteiger partial charge in [-0.1, -0.05) is 42.5 Å².